The van der Waals surface area contributed by atoms with Gasteiger partial charge in [0.05, 0.1) is 5.41 Å². The minimum absolute atomic E-state index is 0.0456. The van der Waals surface area contributed by atoms with Crippen LogP contribution < -0.4 is 0 Å². The second-order valence-corrected chi connectivity index (χ2v) is 5.46. The molecule has 1 heterocycles. The van der Waals surface area contributed by atoms with Gasteiger partial charge in [0.1, 0.15) is 22.9 Å². The number of furan rings is 1. The van der Waals surface area contributed by atoms with Gasteiger partial charge in [-0.05, 0) is 25.5 Å². The van der Waals surface area contributed by atoms with E-state index in [1.54, 1.807) is 6.92 Å². The average molecular weight is 256 g/mol. The monoisotopic (exact) mass is 256 g/mol. The van der Waals surface area contributed by atoms with Gasteiger partial charge in [-0.25, -0.2) is 0 Å². The molecule has 1 aliphatic rings. The van der Waals surface area contributed by atoms with Crippen LogP contribution >= 0.6 is 0 Å². The van der Waals surface area contributed by atoms with Crippen molar-refractivity contribution >= 4 is 22.5 Å². The topological polar surface area (TPSA) is 47.3 Å². The van der Waals surface area contributed by atoms with Gasteiger partial charge in [0, 0.05) is 24.6 Å². The van der Waals surface area contributed by atoms with E-state index in [-0.39, 0.29) is 11.6 Å². The summed E-state index contributed by atoms with van der Waals surface area (Å²) in [5.41, 5.74) is -0.0941. The van der Waals surface area contributed by atoms with Crippen LogP contribution in [0, 0.1) is 5.41 Å². The van der Waals surface area contributed by atoms with Crippen molar-refractivity contribution in [2.45, 2.75) is 32.6 Å². The number of benzene rings is 1. The van der Waals surface area contributed by atoms with Gasteiger partial charge in [-0.15, -0.1) is 0 Å². The number of hydrogen-bond donors (Lipinski definition) is 0. The molecule has 0 amide bonds. The van der Waals surface area contributed by atoms with E-state index in [9.17, 15) is 9.59 Å². The molecule has 3 rings (SSSR count). The fourth-order valence-corrected chi connectivity index (χ4v) is 2.79. The van der Waals surface area contributed by atoms with Crippen molar-refractivity contribution in [2.24, 2.45) is 5.41 Å². The Morgan fingerprint density at radius 1 is 1.16 bits per heavy atom. The van der Waals surface area contributed by atoms with Crippen LogP contribution in [0.1, 0.15) is 31.9 Å². The fourth-order valence-electron chi connectivity index (χ4n) is 2.79. The lowest BCUT2D eigenvalue weighted by Gasteiger charge is -2.29. The second-order valence-electron chi connectivity index (χ2n) is 5.46. The maximum atomic E-state index is 12.1. The average Bonchev–Trinajstić information content (AvgIpc) is 2.78. The van der Waals surface area contributed by atoms with E-state index in [1.165, 1.54) is 0 Å². The van der Waals surface area contributed by atoms with Crippen LogP contribution in [-0.4, -0.2) is 11.6 Å². The fraction of sp³-hybridized carbons (Fsp3) is 0.375. The lowest BCUT2D eigenvalue weighted by Crippen LogP contribution is -2.41. The van der Waals surface area contributed by atoms with Gasteiger partial charge in [0.15, 0.2) is 0 Å². The number of carbonyl (C=O) groups excluding carboxylic acids is 2. The summed E-state index contributed by atoms with van der Waals surface area (Å²) in [5, 5.41) is 1.01. The van der Waals surface area contributed by atoms with E-state index in [0.717, 1.165) is 11.0 Å². The number of rotatable bonds is 2. The molecule has 0 unspecified atom stereocenters. The van der Waals surface area contributed by atoms with Gasteiger partial charge in [-0.3, -0.25) is 9.59 Å². The van der Waals surface area contributed by atoms with E-state index >= 15 is 0 Å². The Hall–Kier alpha value is -1.90. The highest BCUT2D eigenvalue weighted by atomic mass is 16.3. The maximum Gasteiger partial charge on any atom is 0.146 e. The summed E-state index contributed by atoms with van der Waals surface area (Å²) in [4.78, 5) is 24.2. The predicted octanol–water partition coefficient (Wildman–Crippen LogP) is 3.30. The van der Waals surface area contributed by atoms with E-state index in [2.05, 4.69) is 0 Å². The molecule has 0 saturated heterocycles. The maximum absolute atomic E-state index is 12.1. The van der Waals surface area contributed by atoms with Crippen LogP contribution in [0.25, 0.3) is 11.0 Å². The summed E-state index contributed by atoms with van der Waals surface area (Å²) in [6.07, 6.45) is 2.07. The number of fused-ring (bicyclic) bond motifs is 1. The lowest BCUT2D eigenvalue weighted by atomic mass is 9.71. The molecule has 0 bridgehead atoms. The molecular weight excluding hydrogens is 240 g/mol. The largest absolute Gasteiger partial charge is 0.461 e. The van der Waals surface area contributed by atoms with E-state index in [0.29, 0.717) is 31.4 Å². The lowest BCUT2D eigenvalue weighted by molar-refractivity contribution is -0.142. The Kier molecular flexibility index (Phi) is 2.77. The van der Waals surface area contributed by atoms with Crippen molar-refractivity contribution in [3.8, 4) is 0 Å². The van der Waals surface area contributed by atoms with Crippen molar-refractivity contribution in [1.29, 1.82) is 0 Å². The number of para-hydroxylation sites is 1. The molecule has 0 radical (unpaired) electrons. The minimum Gasteiger partial charge on any atom is -0.461 e. The van der Waals surface area contributed by atoms with Gasteiger partial charge in [0.2, 0.25) is 0 Å². The second kappa shape index (κ2) is 4.34. The third kappa shape index (κ3) is 1.99. The molecule has 1 aromatic heterocycles. The standard InChI is InChI=1S/C16H16O3/c1-16(14(17)7-4-8-15(16)18)10-12-9-11-5-2-3-6-13(11)19-12/h2-3,5-6,9H,4,7-8,10H2,1H3. The minimum atomic E-state index is -0.897. The number of ketones is 2. The van der Waals surface area contributed by atoms with Crippen molar-refractivity contribution in [3.63, 3.8) is 0 Å². The van der Waals surface area contributed by atoms with Crippen LogP contribution in [-0.2, 0) is 16.0 Å². The Bertz CT molecular complexity index is 602. The highest BCUT2D eigenvalue weighted by Crippen LogP contribution is 2.34. The summed E-state index contributed by atoms with van der Waals surface area (Å²) < 4.78 is 5.73. The van der Waals surface area contributed by atoms with Gasteiger partial charge >= 0.3 is 0 Å². The smallest absolute Gasteiger partial charge is 0.146 e. The Balaban J connectivity index is 1.94. The zero-order chi connectivity index (χ0) is 13.5. The first kappa shape index (κ1) is 12.2. The van der Waals surface area contributed by atoms with Crippen molar-refractivity contribution < 1.29 is 14.0 Å². The van der Waals surface area contributed by atoms with Crippen LogP contribution in [0.2, 0.25) is 0 Å². The zero-order valence-corrected chi connectivity index (χ0v) is 10.9. The predicted molar refractivity (Wildman–Crippen MR) is 71.9 cm³/mol. The Morgan fingerprint density at radius 3 is 2.53 bits per heavy atom. The third-order valence-electron chi connectivity index (χ3n) is 4.04. The molecule has 0 aliphatic heterocycles. The van der Waals surface area contributed by atoms with E-state index < -0.39 is 5.41 Å². The molecule has 1 aliphatic carbocycles. The quantitative estimate of drug-likeness (QED) is 0.774. The molecule has 1 aromatic carbocycles. The molecule has 0 N–H and O–H groups in total. The molecule has 19 heavy (non-hydrogen) atoms. The Morgan fingerprint density at radius 2 is 1.84 bits per heavy atom. The first-order chi connectivity index (χ1) is 9.09. The van der Waals surface area contributed by atoms with Gasteiger partial charge < -0.3 is 4.42 Å². The van der Waals surface area contributed by atoms with Gasteiger partial charge in [-0.1, -0.05) is 18.2 Å². The first-order valence-corrected chi connectivity index (χ1v) is 6.64. The third-order valence-corrected chi connectivity index (χ3v) is 4.04. The molecular formula is C16H16O3. The zero-order valence-electron chi connectivity index (χ0n) is 10.9. The summed E-state index contributed by atoms with van der Waals surface area (Å²) in [5.74, 6) is 0.806. The summed E-state index contributed by atoms with van der Waals surface area (Å²) >= 11 is 0. The van der Waals surface area contributed by atoms with E-state index in [4.69, 9.17) is 4.42 Å². The molecule has 3 heteroatoms. The Labute approximate surface area is 111 Å². The summed E-state index contributed by atoms with van der Waals surface area (Å²) in [7, 11) is 0. The van der Waals surface area contributed by atoms with Crippen molar-refractivity contribution in [2.75, 3.05) is 0 Å². The summed E-state index contributed by atoms with van der Waals surface area (Å²) in [6, 6.07) is 9.64. The van der Waals surface area contributed by atoms with Crippen LogP contribution in [0.3, 0.4) is 0 Å². The summed E-state index contributed by atoms with van der Waals surface area (Å²) in [6.45, 7) is 1.75. The van der Waals surface area contributed by atoms with Crippen molar-refractivity contribution in [3.05, 3.63) is 36.1 Å². The molecule has 3 nitrogen and oxygen atoms in total. The van der Waals surface area contributed by atoms with Gasteiger partial charge in [0.25, 0.3) is 0 Å². The molecule has 1 fully saturated rings. The number of carbonyl (C=O) groups is 2. The van der Waals surface area contributed by atoms with E-state index in [1.807, 2.05) is 30.3 Å². The molecule has 0 atom stereocenters. The normalized spacial score (nSPS) is 19.0. The number of hydrogen-bond acceptors (Lipinski definition) is 3. The molecule has 98 valence electrons. The highest BCUT2D eigenvalue weighted by Gasteiger charge is 2.43. The van der Waals surface area contributed by atoms with Crippen LogP contribution in [0.4, 0.5) is 0 Å². The van der Waals surface area contributed by atoms with Gasteiger partial charge in [-0.2, -0.15) is 0 Å². The molecule has 2 aromatic rings. The first-order valence-electron chi connectivity index (χ1n) is 6.64. The molecule has 1 saturated carbocycles. The number of Topliss-reactive ketones (excluding diaryl/α,β-unsaturated/α-hetero) is 2. The SMILES string of the molecule is CC1(Cc2cc3ccccc3o2)C(=O)CCCC1=O. The molecule has 0 spiro atoms. The van der Waals surface area contributed by atoms with Crippen molar-refractivity contribution in [1.82, 2.24) is 0 Å². The van der Waals surface area contributed by atoms with Crippen LogP contribution in [0.5, 0.6) is 0 Å². The highest BCUT2D eigenvalue weighted by molar-refractivity contribution is 6.08. The van der Waals surface area contributed by atoms with Crippen LogP contribution in [0.15, 0.2) is 34.7 Å².